The van der Waals surface area contributed by atoms with Crippen molar-refractivity contribution in [3.63, 3.8) is 0 Å². The van der Waals surface area contributed by atoms with E-state index in [1.807, 2.05) is 49.4 Å². The molecule has 0 radical (unpaired) electrons. The third-order valence-corrected chi connectivity index (χ3v) is 7.05. The van der Waals surface area contributed by atoms with Crippen molar-refractivity contribution in [3.8, 4) is 11.5 Å². The highest BCUT2D eigenvalue weighted by molar-refractivity contribution is 5.76. The van der Waals surface area contributed by atoms with Crippen LogP contribution >= 0.6 is 0 Å². The molecule has 3 N–H and O–H groups in total. The van der Waals surface area contributed by atoms with Crippen LogP contribution in [0.3, 0.4) is 0 Å². The third-order valence-electron chi connectivity index (χ3n) is 7.05. The molecule has 2 unspecified atom stereocenters. The molecule has 0 aliphatic carbocycles. The molecule has 1 aromatic carbocycles. The second kappa shape index (κ2) is 11.6. The van der Waals surface area contributed by atoms with Crippen molar-refractivity contribution in [2.45, 2.75) is 38.7 Å². The van der Waals surface area contributed by atoms with E-state index in [1.165, 1.54) is 0 Å². The Kier molecular flexibility index (Phi) is 7.88. The standard InChI is InChI=1S/C28H34N6O4/c1-2-37-22-9-3-4-10-23(22)38-21-8-6-14-34(18-21)26-17-30-16-25(33-26)32-24-11-5-7-20(31-24)15-28(27(35)36)12-13-29-19-28/h3-5,7,9-11,16-17,21,29H,2,6,8,12-15,18-19H2,1H3,(H,35,36)(H,31,32,33). The number of ether oxygens (including phenoxy) is 2. The molecule has 0 saturated carbocycles. The van der Waals surface area contributed by atoms with Crippen molar-refractivity contribution >= 4 is 23.4 Å². The monoisotopic (exact) mass is 518 g/mol. The predicted octanol–water partition coefficient (Wildman–Crippen LogP) is 3.67. The quantitative estimate of drug-likeness (QED) is 0.366. The van der Waals surface area contributed by atoms with Crippen molar-refractivity contribution in [3.05, 3.63) is 60.6 Å². The second-order valence-corrected chi connectivity index (χ2v) is 9.80. The van der Waals surface area contributed by atoms with E-state index < -0.39 is 11.4 Å². The van der Waals surface area contributed by atoms with Crippen molar-refractivity contribution < 1.29 is 19.4 Å². The Bertz CT molecular complexity index is 1250. The summed E-state index contributed by atoms with van der Waals surface area (Å²) in [4.78, 5) is 28.0. The number of anilines is 3. The number of pyridine rings is 1. The molecule has 10 nitrogen and oxygen atoms in total. The Morgan fingerprint density at radius 2 is 2.03 bits per heavy atom. The molecular weight excluding hydrogens is 484 g/mol. The van der Waals surface area contributed by atoms with Gasteiger partial charge in [-0.05, 0) is 57.0 Å². The fourth-order valence-corrected chi connectivity index (χ4v) is 5.09. The maximum atomic E-state index is 11.9. The number of nitrogens with one attached hydrogen (secondary N) is 2. The lowest BCUT2D eigenvalue weighted by Crippen LogP contribution is -2.41. The Hall–Kier alpha value is -3.92. The molecule has 4 heterocycles. The van der Waals surface area contributed by atoms with E-state index in [4.69, 9.17) is 14.5 Å². The van der Waals surface area contributed by atoms with Gasteiger partial charge in [0.15, 0.2) is 17.3 Å². The van der Waals surface area contributed by atoms with Gasteiger partial charge in [-0.25, -0.2) is 9.97 Å². The average Bonchev–Trinajstić information content (AvgIpc) is 3.40. The van der Waals surface area contributed by atoms with Gasteiger partial charge in [0.2, 0.25) is 0 Å². The minimum atomic E-state index is -0.818. The van der Waals surface area contributed by atoms with E-state index in [0.29, 0.717) is 50.7 Å². The first kappa shape index (κ1) is 25.7. The van der Waals surface area contributed by atoms with Crippen molar-refractivity contribution in [2.75, 3.05) is 43.0 Å². The molecular formula is C28H34N6O4. The molecule has 200 valence electrons. The summed E-state index contributed by atoms with van der Waals surface area (Å²) in [7, 11) is 0. The zero-order valence-electron chi connectivity index (χ0n) is 21.6. The molecule has 2 aliphatic heterocycles. The van der Waals surface area contributed by atoms with Crippen LogP contribution in [0.5, 0.6) is 11.5 Å². The van der Waals surface area contributed by atoms with E-state index in [1.54, 1.807) is 12.4 Å². The van der Waals surface area contributed by atoms with E-state index in [2.05, 4.69) is 25.5 Å². The van der Waals surface area contributed by atoms with Gasteiger partial charge in [0.25, 0.3) is 0 Å². The summed E-state index contributed by atoms with van der Waals surface area (Å²) in [6, 6.07) is 13.4. The minimum Gasteiger partial charge on any atom is -0.490 e. The van der Waals surface area contributed by atoms with Gasteiger partial charge in [0, 0.05) is 25.2 Å². The van der Waals surface area contributed by atoms with Gasteiger partial charge in [0.1, 0.15) is 17.7 Å². The fourth-order valence-electron chi connectivity index (χ4n) is 5.09. The molecule has 2 aromatic heterocycles. The third kappa shape index (κ3) is 5.96. The van der Waals surface area contributed by atoms with Crippen molar-refractivity contribution in [1.29, 1.82) is 0 Å². The molecule has 3 aromatic rings. The van der Waals surface area contributed by atoms with Gasteiger partial charge >= 0.3 is 5.97 Å². The molecule has 0 amide bonds. The van der Waals surface area contributed by atoms with Crippen LogP contribution in [0.2, 0.25) is 0 Å². The largest absolute Gasteiger partial charge is 0.490 e. The molecule has 0 spiro atoms. The number of hydrogen-bond donors (Lipinski definition) is 3. The summed E-state index contributed by atoms with van der Waals surface area (Å²) >= 11 is 0. The van der Waals surface area contributed by atoms with Gasteiger partial charge in [0.05, 0.1) is 31.0 Å². The first-order valence-corrected chi connectivity index (χ1v) is 13.2. The van der Waals surface area contributed by atoms with Gasteiger partial charge in [-0.1, -0.05) is 18.2 Å². The van der Waals surface area contributed by atoms with Crippen LogP contribution in [0, 0.1) is 5.41 Å². The van der Waals surface area contributed by atoms with Crippen LogP contribution in [0.1, 0.15) is 31.9 Å². The van der Waals surface area contributed by atoms with Gasteiger partial charge in [-0.3, -0.25) is 9.78 Å². The molecule has 10 heteroatoms. The summed E-state index contributed by atoms with van der Waals surface area (Å²) in [5, 5.41) is 16.2. The number of carboxylic acid groups (broad SMARTS) is 1. The van der Waals surface area contributed by atoms with Crippen LogP contribution in [0.4, 0.5) is 17.5 Å². The molecule has 2 aliphatic rings. The van der Waals surface area contributed by atoms with Crippen LogP contribution < -0.4 is 25.0 Å². The predicted molar refractivity (Wildman–Crippen MR) is 144 cm³/mol. The highest BCUT2D eigenvalue weighted by Gasteiger charge is 2.41. The van der Waals surface area contributed by atoms with E-state index >= 15 is 0 Å². The van der Waals surface area contributed by atoms with E-state index in [0.717, 1.165) is 42.4 Å². The highest BCUT2D eigenvalue weighted by atomic mass is 16.5. The minimum absolute atomic E-state index is 0.00810. The lowest BCUT2D eigenvalue weighted by atomic mass is 9.82. The zero-order valence-corrected chi connectivity index (χ0v) is 21.6. The Labute approximate surface area is 222 Å². The van der Waals surface area contributed by atoms with Gasteiger partial charge in [-0.15, -0.1) is 0 Å². The second-order valence-electron chi connectivity index (χ2n) is 9.80. The van der Waals surface area contributed by atoms with Gasteiger partial charge < -0.3 is 30.1 Å². The summed E-state index contributed by atoms with van der Waals surface area (Å²) < 4.78 is 12.0. The Morgan fingerprint density at radius 1 is 1.16 bits per heavy atom. The number of carbonyl (C=O) groups is 1. The summed E-state index contributed by atoms with van der Waals surface area (Å²) in [5.74, 6) is 2.67. The normalized spacial score (nSPS) is 21.2. The summed E-state index contributed by atoms with van der Waals surface area (Å²) in [5.41, 5.74) is -0.0879. The molecule has 2 saturated heterocycles. The first-order valence-electron chi connectivity index (χ1n) is 13.2. The zero-order chi connectivity index (χ0) is 26.4. The van der Waals surface area contributed by atoms with E-state index in [9.17, 15) is 9.90 Å². The number of para-hydroxylation sites is 2. The van der Waals surface area contributed by atoms with Crippen molar-refractivity contribution in [1.82, 2.24) is 20.3 Å². The number of benzene rings is 1. The number of hydrogen-bond acceptors (Lipinski definition) is 9. The number of rotatable bonds is 10. The summed E-state index contributed by atoms with van der Waals surface area (Å²) in [6.45, 7) is 5.26. The van der Waals surface area contributed by atoms with Crippen LogP contribution in [-0.2, 0) is 11.2 Å². The fraction of sp³-hybridized carbons (Fsp3) is 0.429. The van der Waals surface area contributed by atoms with Gasteiger partial charge in [-0.2, -0.15) is 0 Å². The van der Waals surface area contributed by atoms with Crippen LogP contribution in [-0.4, -0.2) is 64.9 Å². The maximum Gasteiger partial charge on any atom is 0.311 e. The lowest BCUT2D eigenvalue weighted by Gasteiger charge is -2.33. The Balaban J connectivity index is 1.25. The SMILES string of the molecule is CCOc1ccccc1OC1CCCN(c2cncc(Nc3cccc(CC4(C(=O)O)CCNC4)n3)n2)C1. The molecule has 0 bridgehead atoms. The molecule has 2 fully saturated rings. The number of aliphatic carboxylic acids is 1. The first-order chi connectivity index (χ1) is 18.5. The topological polar surface area (TPSA) is 122 Å². The highest BCUT2D eigenvalue weighted by Crippen LogP contribution is 2.31. The lowest BCUT2D eigenvalue weighted by molar-refractivity contribution is -0.147. The maximum absolute atomic E-state index is 11.9. The number of aromatic nitrogens is 3. The van der Waals surface area contributed by atoms with Crippen LogP contribution in [0.25, 0.3) is 0 Å². The molecule has 5 rings (SSSR count). The number of piperidine rings is 1. The molecule has 38 heavy (non-hydrogen) atoms. The van der Waals surface area contributed by atoms with Crippen molar-refractivity contribution in [2.24, 2.45) is 5.41 Å². The van der Waals surface area contributed by atoms with E-state index in [-0.39, 0.29) is 6.10 Å². The van der Waals surface area contributed by atoms with Crippen LogP contribution in [0.15, 0.2) is 54.9 Å². The average molecular weight is 519 g/mol. The molecule has 2 atom stereocenters. The number of carboxylic acids is 1. The Morgan fingerprint density at radius 3 is 2.82 bits per heavy atom. The number of nitrogens with zero attached hydrogens (tertiary/aromatic N) is 4. The summed E-state index contributed by atoms with van der Waals surface area (Å²) in [6.07, 6.45) is 6.32. The smallest absolute Gasteiger partial charge is 0.311 e.